The number of aryl methyl sites for hydroxylation is 1. The molecule has 0 heterocycles. The fourth-order valence-electron chi connectivity index (χ4n) is 3.94. The van der Waals surface area contributed by atoms with Gasteiger partial charge in [-0.05, 0) is 19.3 Å². The summed E-state index contributed by atoms with van der Waals surface area (Å²) in [6.45, 7) is 6.97. The van der Waals surface area contributed by atoms with Gasteiger partial charge in [-0.25, -0.2) is 0 Å². The van der Waals surface area contributed by atoms with E-state index in [2.05, 4.69) is 39.0 Å². The Hall–Kier alpha value is -0.456. The van der Waals surface area contributed by atoms with Crippen LogP contribution in [0.5, 0.6) is 0 Å². The van der Waals surface area contributed by atoms with Crippen LogP contribution < -0.4 is 0 Å². The molecule has 1 aromatic carbocycles. The standard InChI is InChI=1S/C18H23.Ti/c1-4-7-16-17-12(2)15(18(16)13(17)3)11-10-14-8-5-6-9-14;/h5-6,8,16H,4,7,9-11H2,1-3H3;/q-1;. The summed E-state index contributed by atoms with van der Waals surface area (Å²) in [5.41, 5.74) is 9.94. The normalized spacial score (nSPS) is 19.1. The van der Waals surface area contributed by atoms with Crippen LogP contribution >= 0.6 is 0 Å². The van der Waals surface area contributed by atoms with Crippen LogP contribution in [0, 0.1) is 13.8 Å². The minimum absolute atomic E-state index is 0. The molecule has 0 amide bonds. The van der Waals surface area contributed by atoms with E-state index in [1.54, 1.807) is 33.4 Å². The quantitative estimate of drug-likeness (QED) is 0.523. The third kappa shape index (κ3) is 2.34. The molecular formula is C18H23Ti-. The Balaban J connectivity index is 0.00000133. The third-order valence-electron chi connectivity index (χ3n) is 4.81. The fourth-order valence-corrected chi connectivity index (χ4v) is 3.94. The molecule has 0 radical (unpaired) electrons. The minimum Gasteiger partial charge on any atom is -0.195 e. The molecule has 19 heavy (non-hydrogen) atoms. The van der Waals surface area contributed by atoms with Gasteiger partial charge in [0.15, 0.2) is 0 Å². The van der Waals surface area contributed by atoms with E-state index in [1.165, 1.54) is 32.1 Å². The van der Waals surface area contributed by atoms with E-state index in [0.29, 0.717) is 0 Å². The zero-order valence-electron chi connectivity index (χ0n) is 12.3. The van der Waals surface area contributed by atoms with Crippen LogP contribution in [0.1, 0.15) is 66.3 Å². The number of fused-ring (bicyclic) bond motifs is 1. The Labute approximate surface area is 132 Å². The molecule has 0 aliphatic heterocycles. The summed E-state index contributed by atoms with van der Waals surface area (Å²) < 4.78 is 0. The molecule has 1 heteroatoms. The Bertz CT molecular complexity index is 528. The van der Waals surface area contributed by atoms with Gasteiger partial charge in [-0.3, -0.25) is 0 Å². The van der Waals surface area contributed by atoms with E-state index in [0.717, 1.165) is 5.92 Å². The minimum atomic E-state index is 0. The summed E-state index contributed by atoms with van der Waals surface area (Å²) in [4.78, 5) is 0. The van der Waals surface area contributed by atoms with Gasteiger partial charge < -0.3 is 0 Å². The van der Waals surface area contributed by atoms with Gasteiger partial charge in [-0.1, -0.05) is 63.3 Å². The van der Waals surface area contributed by atoms with E-state index < -0.39 is 0 Å². The molecule has 0 aromatic heterocycles. The van der Waals surface area contributed by atoms with Crippen LogP contribution in [0.15, 0.2) is 23.8 Å². The number of allylic oxidation sites excluding steroid dienone is 4. The average molecular weight is 287 g/mol. The molecule has 1 unspecified atom stereocenters. The molecule has 0 nitrogen and oxygen atoms in total. The maximum Gasteiger partial charge on any atom is 0 e. The second kappa shape index (κ2) is 5.89. The van der Waals surface area contributed by atoms with Crippen molar-refractivity contribution in [1.82, 2.24) is 0 Å². The Kier molecular flexibility index (Phi) is 4.64. The first-order valence-electron chi connectivity index (χ1n) is 7.37. The number of hydrogen-bond acceptors (Lipinski definition) is 0. The second-order valence-corrected chi connectivity index (χ2v) is 5.85. The van der Waals surface area contributed by atoms with Crippen molar-refractivity contribution in [3.63, 3.8) is 0 Å². The van der Waals surface area contributed by atoms with Crippen LogP contribution in [0.2, 0.25) is 0 Å². The van der Waals surface area contributed by atoms with Crippen LogP contribution in [-0.4, -0.2) is 0 Å². The zero-order valence-corrected chi connectivity index (χ0v) is 13.9. The Morgan fingerprint density at radius 1 is 1.32 bits per heavy atom. The summed E-state index contributed by atoms with van der Waals surface area (Å²) in [7, 11) is 0. The predicted molar refractivity (Wildman–Crippen MR) is 78.4 cm³/mol. The first-order valence-corrected chi connectivity index (χ1v) is 7.37. The maximum atomic E-state index is 2.35. The van der Waals surface area contributed by atoms with Gasteiger partial charge in [0.2, 0.25) is 0 Å². The molecule has 1 aromatic rings. The summed E-state index contributed by atoms with van der Waals surface area (Å²) in [6, 6.07) is 0. The van der Waals surface area contributed by atoms with Gasteiger partial charge in [-0.15, -0.1) is 0 Å². The van der Waals surface area contributed by atoms with E-state index >= 15 is 0 Å². The zero-order chi connectivity index (χ0) is 12.7. The molecule has 4 rings (SSSR count). The summed E-state index contributed by atoms with van der Waals surface area (Å²) in [5, 5.41) is 0. The van der Waals surface area contributed by atoms with E-state index in [9.17, 15) is 0 Å². The first kappa shape index (κ1) is 14.9. The molecule has 3 aliphatic carbocycles. The van der Waals surface area contributed by atoms with E-state index in [1.807, 2.05) is 0 Å². The van der Waals surface area contributed by atoms with Crippen LogP contribution in [-0.2, 0) is 28.1 Å². The van der Waals surface area contributed by atoms with Gasteiger partial charge in [0.25, 0.3) is 0 Å². The molecule has 0 spiro atoms. The smallest absolute Gasteiger partial charge is 0 e. The van der Waals surface area contributed by atoms with Crippen LogP contribution in [0.4, 0.5) is 0 Å². The molecule has 3 aliphatic rings. The molecular weight excluding hydrogens is 264 g/mol. The molecule has 0 saturated carbocycles. The van der Waals surface area contributed by atoms with Crippen molar-refractivity contribution in [2.75, 3.05) is 0 Å². The van der Waals surface area contributed by atoms with Crippen molar-refractivity contribution in [1.29, 1.82) is 0 Å². The first-order chi connectivity index (χ1) is 8.74. The summed E-state index contributed by atoms with van der Waals surface area (Å²) in [5.74, 6) is 0.806. The maximum absolute atomic E-state index is 2.35. The van der Waals surface area contributed by atoms with Gasteiger partial charge in [0.1, 0.15) is 0 Å². The van der Waals surface area contributed by atoms with Crippen LogP contribution in [0.25, 0.3) is 0 Å². The van der Waals surface area contributed by atoms with Crippen molar-refractivity contribution in [2.45, 2.75) is 58.8 Å². The summed E-state index contributed by atoms with van der Waals surface area (Å²) >= 11 is 0. The second-order valence-electron chi connectivity index (χ2n) is 5.85. The van der Waals surface area contributed by atoms with E-state index in [-0.39, 0.29) is 21.7 Å². The van der Waals surface area contributed by atoms with Crippen molar-refractivity contribution < 1.29 is 21.7 Å². The summed E-state index contributed by atoms with van der Waals surface area (Å²) in [6.07, 6.45) is 13.1. The van der Waals surface area contributed by atoms with Crippen LogP contribution in [0.3, 0.4) is 0 Å². The topological polar surface area (TPSA) is 0 Å². The van der Waals surface area contributed by atoms with Crippen molar-refractivity contribution in [2.24, 2.45) is 0 Å². The monoisotopic (exact) mass is 287 g/mol. The van der Waals surface area contributed by atoms with Gasteiger partial charge in [0.05, 0.1) is 0 Å². The molecule has 0 fully saturated rings. The van der Waals surface area contributed by atoms with E-state index in [4.69, 9.17) is 0 Å². The molecule has 2 bridgehead atoms. The van der Waals surface area contributed by atoms with Crippen molar-refractivity contribution >= 4 is 0 Å². The van der Waals surface area contributed by atoms with Gasteiger partial charge >= 0.3 is 0 Å². The van der Waals surface area contributed by atoms with Crippen molar-refractivity contribution in [3.05, 3.63) is 51.6 Å². The van der Waals surface area contributed by atoms with Crippen molar-refractivity contribution in [3.8, 4) is 0 Å². The number of hydrogen-bond donors (Lipinski definition) is 0. The van der Waals surface area contributed by atoms with Gasteiger partial charge in [0, 0.05) is 21.7 Å². The van der Waals surface area contributed by atoms with Gasteiger partial charge in [-0.2, -0.15) is 27.8 Å². The molecule has 1 atom stereocenters. The Morgan fingerprint density at radius 3 is 2.74 bits per heavy atom. The predicted octanol–water partition coefficient (Wildman–Crippen LogP) is 5.08. The third-order valence-corrected chi connectivity index (χ3v) is 4.81. The number of rotatable bonds is 5. The SMILES string of the molecule is CCCC1c2c(C)c1[c-](C)c2CCC1=CC=CC1.[Ti]. The fraction of sp³-hybridized carbons (Fsp3) is 0.500. The Morgan fingerprint density at radius 2 is 2.11 bits per heavy atom. The average Bonchev–Trinajstić information content (AvgIpc) is 3.00. The molecule has 0 saturated heterocycles. The molecule has 100 valence electrons. The largest absolute Gasteiger partial charge is 0.195 e. The molecule has 0 N–H and O–H groups in total.